The Hall–Kier alpha value is -0.770. The number of carbonyl (C=O) groups is 1. The Kier molecular flexibility index (Phi) is 3.34. The summed E-state index contributed by atoms with van der Waals surface area (Å²) >= 11 is 0. The molecule has 2 amide bonds. The number of nitrogens with zero attached hydrogens (tertiary/aromatic N) is 2. The quantitative estimate of drug-likeness (QED) is 0.605. The highest BCUT2D eigenvalue weighted by molar-refractivity contribution is 5.74. The molecule has 0 aliphatic carbocycles. The van der Waals surface area contributed by atoms with Gasteiger partial charge in [0.1, 0.15) is 0 Å². The molecule has 0 bridgehead atoms. The van der Waals surface area contributed by atoms with Crippen LogP contribution in [-0.2, 0) is 0 Å². The molecule has 1 saturated heterocycles. The van der Waals surface area contributed by atoms with E-state index >= 15 is 0 Å². The van der Waals surface area contributed by atoms with Crippen LogP contribution in [0.15, 0.2) is 0 Å². The summed E-state index contributed by atoms with van der Waals surface area (Å²) in [6.07, 6.45) is 1.85. The number of nitrogens with one attached hydrogen (secondary N) is 1. The molecule has 0 atom stereocenters. The lowest BCUT2D eigenvalue weighted by atomic mass is 10.3. The van der Waals surface area contributed by atoms with E-state index in [0.29, 0.717) is 6.54 Å². The van der Waals surface area contributed by atoms with Crippen LogP contribution in [0.3, 0.4) is 0 Å². The van der Waals surface area contributed by atoms with Gasteiger partial charge in [-0.3, -0.25) is 5.73 Å². The van der Waals surface area contributed by atoms with Crippen LogP contribution in [0.5, 0.6) is 0 Å². The SMILES string of the molecule is CN1CCCN(CCC[NH])C1=O. The third kappa shape index (κ3) is 2.11. The van der Waals surface area contributed by atoms with Crippen LogP contribution in [0.1, 0.15) is 12.8 Å². The number of hydrogen-bond acceptors (Lipinski definition) is 1. The minimum absolute atomic E-state index is 0.120. The van der Waals surface area contributed by atoms with Crippen molar-refractivity contribution in [1.82, 2.24) is 15.5 Å². The van der Waals surface area contributed by atoms with Gasteiger partial charge in [-0.15, -0.1) is 0 Å². The van der Waals surface area contributed by atoms with Crippen molar-refractivity contribution in [3.8, 4) is 0 Å². The molecule has 4 heteroatoms. The highest BCUT2D eigenvalue weighted by Crippen LogP contribution is 2.06. The summed E-state index contributed by atoms with van der Waals surface area (Å²) in [6, 6.07) is 0.120. The first-order valence-corrected chi connectivity index (χ1v) is 4.40. The van der Waals surface area contributed by atoms with Crippen molar-refractivity contribution in [2.45, 2.75) is 12.8 Å². The Morgan fingerprint density at radius 1 is 1.50 bits per heavy atom. The van der Waals surface area contributed by atoms with Gasteiger partial charge in [-0.1, -0.05) is 0 Å². The highest BCUT2D eigenvalue weighted by Gasteiger charge is 2.21. The van der Waals surface area contributed by atoms with Crippen LogP contribution in [0, 0.1) is 0 Å². The van der Waals surface area contributed by atoms with E-state index in [1.165, 1.54) is 0 Å². The Bertz CT molecular complexity index is 160. The third-order valence-electron chi connectivity index (χ3n) is 2.12. The van der Waals surface area contributed by atoms with Gasteiger partial charge in [-0.25, -0.2) is 4.79 Å². The van der Waals surface area contributed by atoms with Crippen LogP contribution in [-0.4, -0.2) is 49.1 Å². The largest absolute Gasteiger partial charge is 0.328 e. The molecule has 1 aliphatic heterocycles. The van der Waals surface area contributed by atoms with Crippen LogP contribution in [0.4, 0.5) is 4.79 Å². The minimum Gasteiger partial charge on any atom is -0.328 e. The second-order valence-electron chi connectivity index (χ2n) is 3.15. The normalized spacial score (nSPS) is 18.7. The van der Waals surface area contributed by atoms with Crippen molar-refractivity contribution in [1.29, 1.82) is 0 Å². The van der Waals surface area contributed by atoms with E-state index in [9.17, 15) is 4.79 Å². The molecule has 0 aromatic carbocycles. The zero-order valence-corrected chi connectivity index (χ0v) is 7.55. The summed E-state index contributed by atoms with van der Waals surface area (Å²) in [4.78, 5) is 15.0. The molecule has 1 heterocycles. The molecule has 1 fully saturated rings. The fourth-order valence-corrected chi connectivity index (χ4v) is 1.41. The van der Waals surface area contributed by atoms with Crippen molar-refractivity contribution in [3.05, 3.63) is 0 Å². The van der Waals surface area contributed by atoms with Gasteiger partial charge in [0.2, 0.25) is 0 Å². The van der Waals surface area contributed by atoms with Crippen LogP contribution < -0.4 is 5.73 Å². The Labute approximate surface area is 73.3 Å². The molecule has 69 valence electrons. The summed E-state index contributed by atoms with van der Waals surface area (Å²) in [6.45, 7) is 2.89. The van der Waals surface area contributed by atoms with Crippen molar-refractivity contribution in [3.63, 3.8) is 0 Å². The van der Waals surface area contributed by atoms with Crippen molar-refractivity contribution < 1.29 is 4.79 Å². The molecule has 1 aliphatic rings. The molecule has 0 aromatic heterocycles. The standard InChI is InChI=1S/C8H16N3O/c1-10-5-3-7-11(8(10)12)6-2-4-9/h9H,2-7H2,1H3. The van der Waals surface area contributed by atoms with Gasteiger partial charge in [0, 0.05) is 33.2 Å². The average molecular weight is 170 g/mol. The van der Waals surface area contributed by atoms with Gasteiger partial charge in [-0.05, 0) is 12.8 Å². The predicted molar refractivity (Wildman–Crippen MR) is 46.8 cm³/mol. The molecule has 0 saturated carbocycles. The smallest absolute Gasteiger partial charge is 0.319 e. The summed E-state index contributed by atoms with van der Waals surface area (Å²) in [5.74, 6) is 0. The lowest BCUT2D eigenvalue weighted by Gasteiger charge is -2.33. The maximum atomic E-state index is 11.4. The second-order valence-corrected chi connectivity index (χ2v) is 3.15. The molecule has 0 aromatic rings. The van der Waals surface area contributed by atoms with E-state index in [1.807, 2.05) is 11.9 Å². The molecule has 1 rings (SSSR count). The van der Waals surface area contributed by atoms with E-state index in [2.05, 4.69) is 0 Å². The predicted octanol–water partition coefficient (Wildman–Crippen LogP) is 0.417. The molecule has 0 unspecified atom stereocenters. The Balaban J connectivity index is 2.36. The monoisotopic (exact) mass is 170 g/mol. The fourth-order valence-electron chi connectivity index (χ4n) is 1.41. The zero-order chi connectivity index (χ0) is 8.97. The van der Waals surface area contributed by atoms with Crippen LogP contribution in [0.2, 0.25) is 0 Å². The maximum absolute atomic E-state index is 11.4. The van der Waals surface area contributed by atoms with Crippen molar-refractivity contribution in [2.75, 3.05) is 33.2 Å². The first-order valence-electron chi connectivity index (χ1n) is 4.40. The molecule has 12 heavy (non-hydrogen) atoms. The molecular formula is C8H16N3O. The maximum Gasteiger partial charge on any atom is 0.319 e. The third-order valence-corrected chi connectivity index (χ3v) is 2.12. The van der Waals surface area contributed by atoms with Gasteiger partial charge >= 0.3 is 6.03 Å². The average Bonchev–Trinajstić information content (AvgIpc) is 2.08. The van der Waals surface area contributed by atoms with E-state index < -0.39 is 0 Å². The summed E-state index contributed by atoms with van der Waals surface area (Å²) in [5.41, 5.74) is 6.99. The van der Waals surface area contributed by atoms with E-state index in [0.717, 1.165) is 32.5 Å². The summed E-state index contributed by atoms with van der Waals surface area (Å²) < 4.78 is 0. The number of urea groups is 1. The molecule has 1 radical (unpaired) electrons. The fraction of sp³-hybridized carbons (Fsp3) is 0.875. The van der Waals surface area contributed by atoms with Crippen LogP contribution in [0.25, 0.3) is 0 Å². The lowest BCUT2D eigenvalue weighted by Crippen LogP contribution is -2.47. The number of amides is 2. The van der Waals surface area contributed by atoms with Gasteiger partial charge in [0.05, 0.1) is 0 Å². The van der Waals surface area contributed by atoms with Gasteiger partial charge in [-0.2, -0.15) is 0 Å². The molecular weight excluding hydrogens is 154 g/mol. The first-order chi connectivity index (χ1) is 5.75. The summed E-state index contributed by atoms with van der Waals surface area (Å²) in [7, 11) is 1.83. The number of rotatable bonds is 3. The van der Waals surface area contributed by atoms with E-state index in [4.69, 9.17) is 5.73 Å². The van der Waals surface area contributed by atoms with Gasteiger partial charge in [0.25, 0.3) is 0 Å². The van der Waals surface area contributed by atoms with Crippen molar-refractivity contribution in [2.24, 2.45) is 0 Å². The topological polar surface area (TPSA) is 47.4 Å². The second kappa shape index (κ2) is 4.30. The van der Waals surface area contributed by atoms with Crippen LogP contribution >= 0.6 is 0 Å². The lowest BCUT2D eigenvalue weighted by molar-refractivity contribution is 0.141. The Morgan fingerprint density at radius 2 is 2.25 bits per heavy atom. The zero-order valence-electron chi connectivity index (χ0n) is 7.55. The molecule has 0 spiro atoms. The number of hydrogen-bond donors (Lipinski definition) is 0. The van der Waals surface area contributed by atoms with E-state index in [-0.39, 0.29) is 6.03 Å². The number of carbonyl (C=O) groups excluding carboxylic acids is 1. The van der Waals surface area contributed by atoms with Gasteiger partial charge in [0.15, 0.2) is 0 Å². The molecule has 1 N–H and O–H groups in total. The summed E-state index contributed by atoms with van der Waals surface area (Å²) in [5, 5.41) is 0. The van der Waals surface area contributed by atoms with E-state index in [1.54, 1.807) is 4.90 Å². The minimum atomic E-state index is 0.120. The first kappa shape index (κ1) is 9.32. The molecule has 4 nitrogen and oxygen atoms in total. The highest BCUT2D eigenvalue weighted by atomic mass is 16.2. The van der Waals surface area contributed by atoms with Gasteiger partial charge < -0.3 is 9.80 Å². The van der Waals surface area contributed by atoms with Crippen molar-refractivity contribution >= 4 is 6.03 Å². The Morgan fingerprint density at radius 3 is 2.92 bits per heavy atom.